The zero-order valence-corrected chi connectivity index (χ0v) is 13.6. The smallest absolute Gasteiger partial charge is 0.291 e. The summed E-state index contributed by atoms with van der Waals surface area (Å²) < 4.78 is 17.5. The Bertz CT molecular complexity index is 903. The Balaban J connectivity index is 1.59. The van der Waals surface area contributed by atoms with E-state index in [1.54, 1.807) is 24.3 Å². The summed E-state index contributed by atoms with van der Waals surface area (Å²) >= 11 is 3.40. The zero-order valence-electron chi connectivity index (χ0n) is 12.0. The second-order valence-corrected chi connectivity index (χ2v) is 6.02. The third-order valence-electron chi connectivity index (χ3n) is 3.50. The van der Waals surface area contributed by atoms with Crippen molar-refractivity contribution in [3.05, 3.63) is 52.7 Å². The molecule has 1 N–H and O–H groups in total. The second-order valence-electron chi connectivity index (χ2n) is 5.11. The van der Waals surface area contributed by atoms with Crippen molar-refractivity contribution >= 4 is 38.5 Å². The van der Waals surface area contributed by atoms with Crippen LogP contribution in [0.25, 0.3) is 11.0 Å². The fourth-order valence-corrected chi connectivity index (χ4v) is 2.82. The summed E-state index contributed by atoms with van der Waals surface area (Å²) in [5.74, 6) is 1.26. The van der Waals surface area contributed by atoms with Gasteiger partial charge in [0.25, 0.3) is 5.91 Å². The highest BCUT2D eigenvalue weighted by molar-refractivity contribution is 9.10. The van der Waals surface area contributed by atoms with Gasteiger partial charge in [-0.25, -0.2) is 0 Å². The molecule has 1 amide bonds. The van der Waals surface area contributed by atoms with Crippen molar-refractivity contribution in [2.75, 3.05) is 18.5 Å². The molecule has 0 saturated heterocycles. The van der Waals surface area contributed by atoms with E-state index in [0.29, 0.717) is 36.0 Å². The van der Waals surface area contributed by atoms with E-state index in [0.717, 1.165) is 9.86 Å². The summed E-state index contributed by atoms with van der Waals surface area (Å²) in [5.41, 5.74) is 1.29. The molecule has 1 aliphatic rings. The molecule has 0 spiro atoms. The number of halogens is 1. The minimum absolute atomic E-state index is 0.257. The van der Waals surface area contributed by atoms with E-state index < -0.39 is 0 Å². The third kappa shape index (κ3) is 2.77. The maximum Gasteiger partial charge on any atom is 0.291 e. The van der Waals surface area contributed by atoms with Gasteiger partial charge in [0, 0.05) is 21.6 Å². The van der Waals surface area contributed by atoms with Crippen LogP contribution in [0, 0.1) is 0 Å². The van der Waals surface area contributed by atoms with Crippen LogP contribution in [-0.2, 0) is 0 Å². The summed E-state index contributed by atoms with van der Waals surface area (Å²) in [6.45, 7) is 1.04. The zero-order chi connectivity index (χ0) is 15.8. The van der Waals surface area contributed by atoms with Crippen LogP contribution in [0.4, 0.5) is 5.69 Å². The molecule has 116 valence electrons. The first-order valence-electron chi connectivity index (χ1n) is 7.09. The lowest BCUT2D eigenvalue weighted by Crippen LogP contribution is -2.16. The van der Waals surface area contributed by atoms with E-state index in [9.17, 15) is 4.79 Å². The standard InChI is InChI=1S/C17H12BrNO4/c18-11-1-3-13-10(7-11)8-16(23-13)17(20)19-12-2-4-14-15(9-12)22-6-5-21-14/h1-4,7-9H,5-6H2,(H,19,20). The molecule has 1 aromatic heterocycles. The van der Waals surface area contributed by atoms with E-state index in [4.69, 9.17) is 13.9 Å². The highest BCUT2D eigenvalue weighted by atomic mass is 79.9. The number of carbonyl (C=O) groups is 1. The van der Waals surface area contributed by atoms with Gasteiger partial charge in [-0.1, -0.05) is 15.9 Å². The lowest BCUT2D eigenvalue weighted by atomic mass is 10.2. The topological polar surface area (TPSA) is 60.7 Å². The van der Waals surface area contributed by atoms with Crippen LogP contribution in [0.2, 0.25) is 0 Å². The van der Waals surface area contributed by atoms with Crippen LogP contribution in [0.15, 0.2) is 51.4 Å². The van der Waals surface area contributed by atoms with Crippen LogP contribution in [0.1, 0.15) is 10.6 Å². The van der Waals surface area contributed by atoms with Crippen molar-refractivity contribution in [1.82, 2.24) is 0 Å². The maximum atomic E-state index is 12.3. The molecule has 0 fully saturated rings. The number of rotatable bonds is 2. The van der Waals surface area contributed by atoms with E-state index >= 15 is 0 Å². The van der Waals surface area contributed by atoms with Gasteiger partial charge in [0.05, 0.1) is 0 Å². The molecule has 4 rings (SSSR count). The van der Waals surface area contributed by atoms with Crippen LogP contribution < -0.4 is 14.8 Å². The van der Waals surface area contributed by atoms with Gasteiger partial charge in [0.15, 0.2) is 17.3 Å². The predicted octanol–water partition coefficient (Wildman–Crippen LogP) is 4.22. The van der Waals surface area contributed by atoms with Gasteiger partial charge in [-0.15, -0.1) is 0 Å². The van der Waals surface area contributed by atoms with Gasteiger partial charge in [0.1, 0.15) is 18.8 Å². The molecule has 0 bridgehead atoms. The minimum atomic E-state index is -0.311. The molecular weight excluding hydrogens is 362 g/mol. The van der Waals surface area contributed by atoms with Crippen molar-refractivity contribution in [2.45, 2.75) is 0 Å². The maximum absolute atomic E-state index is 12.3. The number of carbonyl (C=O) groups excluding carboxylic acids is 1. The lowest BCUT2D eigenvalue weighted by molar-refractivity contribution is 0.0998. The molecule has 0 saturated carbocycles. The number of ether oxygens (including phenoxy) is 2. The van der Waals surface area contributed by atoms with Crippen LogP contribution in [0.3, 0.4) is 0 Å². The van der Waals surface area contributed by atoms with E-state index in [-0.39, 0.29) is 11.7 Å². The first kappa shape index (κ1) is 14.1. The molecule has 2 heterocycles. The Labute approximate surface area is 140 Å². The number of hydrogen-bond acceptors (Lipinski definition) is 4. The Morgan fingerprint density at radius 1 is 1.00 bits per heavy atom. The summed E-state index contributed by atoms with van der Waals surface area (Å²) in [4.78, 5) is 12.3. The van der Waals surface area contributed by atoms with Gasteiger partial charge in [0.2, 0.25) is 0 Å². The molecule has 23 heavy (non-hydrogen) atoms. The molecular formula is C17H12BrNO4. The number of anilines is 1. The average molecular weight is 374 g/mol. The first-order valence-corrected chi connectivity index (χ1v) is 7.88. The van der Waals surface area contributed by atoms with E-state index in [1.807, 2.05) is 18.2 Å². The summed E-state index contributed by atoms with van der Waals surface area (Å²) in [5, 5.41) is 3.67. The van der Waals surface area contributed by atoms with Crippen molar-refractivity contribution in [2.24, 2.45) is 0 Å². The fourth-order valence-electron chi connectivity index (χ4n) is 2.44. The molecule has 0 aliphatic carbocycles. The number of fused-ring (bicyclic) bond motifs is 2. The molecule has 1 aliphatic heterocycles. The lowest BCUT2D eigenvalue weighted by Gasteiger charge is -2.18. The van der Waals surface area contributed by atoms with Gasteiger partial charge in [-0.05, 0) is 36.4 Å². The Kier molecular flexibility index (Phi) is 3.46. The quantitative estimate of drug-likeness (QED) is 0.730. The number of benzene rings is 2. The number of hydrogen-bond donors (Lipinski definition) is 1. The van der Waals surface area contributed by atoms with Gasteiger partial charge < -0.3 is 19.2 Å². The predicted molar refractivity (Wildman–Crippen MR) is 89.3 cm³/mol. The monoisotopic (exact) mass is 373 g/mol. The van der Waals surface area contributed by atoms with Crippen molar-refractivity contribution in [3.8, 4) is 11.5 Å². The van der Waals surface area contributed by atoms with Gasteiger partial charge >= 0.3 is 0 Å². The largest absolute Gasteiger partial charge is 0.486 e. The van der Waals surface area contributed by atoms with Gasteiger partial charge in [-0.3, -0.25) is 4.79 Å². The molecule has 2 aromatic carbocycles. The molecule has 0 unspecified atom stereocenters. The summed E-state index contributed by atoms with van der Waals surface area (Å²) in [6.07, 6.45) is 0. The van der Waals surface area contributed by atoms with Gasteiger partial charge in [-0.2, -0.15) is 0 Å². The van der Waals surface area contributed by atoms with Crippen molar-refractivity contribution in [1.29, 1.82) is 0 Å². The minimum Gasteiger partial charge on any atom is -0.486 e. The number of amides is 1. The van der Waals surface area contributed by atoms with Crippen molar-refractivity contribution < 1.29 is 18.7 Å². The molecule has 5 nitrogen and oxygen atoms in total. The SMILES string of the molecule is O=C(Nc1ccc2c(c1)OCCO2)c1cc2cc(Br)ccc2o1. The van der Waals surface area contributed by atoms with E-state index in [2.05, 4.69) is 21.2 Å². The Morgan fingerprint density at radius 2 is 1.83 bits per heavy atom. The highest BCUT2D eigenvalue weighted by Gasteiger charge is 2.16. The second kappa shape index (κ2) is 5.62. The number of furan rings is 1. The normalized spacial score (nSPS) is 13.1. The summed E-state index contributed by atoms with van der Waals surface area (Å²) in [6, 6.07) is 12.6. The Morgan fingerprint density at radius 3 is 2.70 bits per heavy atom. The Hall–Kier alpha value is -2.47. The molecule has 3 aromatic rings. The fraction of sp³-hybridized carbons (Fsp3) is 0.118. The molecule has 0 atom stereocenters. The molecule has 6 heteroatoms. The number of nitrogens with one attached hydrogen (secondary N) is 1. The van der Waals surface area contributed by atoms with Crippen molar-refractivity contribution in [3.63, 3.8) is 0 Å². The van der Waals surface area contributed by atoms with Crippen LogP contribution in [0.5, 0.6) is 11.5 Å². The van der Waals surface area contributed by atoms with Crippen LogP contribution in [-0.4, -0.2) is 19.1 Å². The average Bonchev–Trinajstić information content (AvgIpc) is 2.98. The first-order chi connectivity index (χ1) is 11.2. The molecule has 0 radical (unpaired) electrons. The highest BCUT2D eigenvalue weighted by Crippen LogP contribution is 2.33. The van der Waals surface area contributed by atoms with Crippen LogP contribution >= 0.6 is 15.9 Å². The summed E-state index contributed by atoms with van der Waals surface area (Å²) in [7, 11) is 0. The van der Waals surface area contributed by atoms with E-state index in [1.165, 1.54) is 0 Å². The third-order valence-corrected chi connectivity index (χ3v) is 4.00.